The van der Waals surface area contributed by atoms with Gasteiger partial charge in [0.05, 0.1) is 20.6 Å². The first kappa shape index (κ1) is 16.4. The first-order valence-corrected chi connectivity index (χ1v) is 8.46. The van der Waals surface area contributed by atoms with Crippen LogP contribution >= 0.6 is 46.6 Å². The maximum Gasteiger partial charge on any atom is 0.264 e. The molecule has 0 aliphatic carbocycles. The van der Waals surface area contributed by atoms with E-state index in [-0.39, 0.29) is 5.91 Å². The van der Waals surface area contributed by atoms with Gasteiger partial charge in [0.15, 0.2) is 5.17 Å². The molecule has 3 nitrogen and oxygen atoms in total. The van der Waals surface area contributed by atoms with Gasteiger partial charge in [-0.3, -0.25) is 4.79 Å². The van der Waals surface area contributed by atoms with Crippen LogP contribution in [0.4, 0.5) is 5.69 Å². The van der Waals surface area contributed by atoms with Gasteiger partial charge in [-0.25, -0.2) is 4.99 Å². The fourth-order valence-electron chi connectivity index (χ4n) is 1.90. The molecule has 1 saturated heterocycles. The largest absolute Gasteiger partial charge is 0.300 e. The second kappa shape index (κ2) is 6.97. The second-order valence-corrected chi connectivity index (χ2v) is 6.92. The molecular formula is C16H9Cl3N2OS. The Morgan fingerprint density at radius 1 is 1.04 bits per heavy atom. The van der Waals surface area contributed by atoms with E-state index in [1.807, 2.05) is 12.1 Å². The third-order valence-corrected chi connectivity index (χ3v) is 4.82. The topological polar surface area (TPSA) is 41.5 Å². The molecule has 1 aliphatic rings. The van der Waals surface area contributed by atoms with Crippen molar-refractivity contribution in [1.29, 1.82) is 0 Å². The average Bonchev–Trinajstić information content (AvgIpc) is 2.83. The lowest BCUT2D eigenvalue weighted by atomic mass is 10.2. The third kappa shape index (κ3) is 4.09. The number of benzene rings is 2. The summed E-state index contributed by atoms with van der Waals surface area (Å²) in [7, 11) is 0. The van der Waals surface area contributed by atoms with Gasteiger partial charge in [0.2, 0.25) is 0 Å². The summed E-state index contributed by atoms with van der Waals surface area (Å²) in [5.74, 6) is -0.200. The zero-order chi connectivity index (χ0) is 16.4. The van der Waals surface area contributed by atoms with Crippen LogP contribution in [-0.2, 0) is 4.79 Å². The number of aliphatic imine (C=N–C) groups is 1. The van der Waals surface area contributed by atoms with Crippen LogP contribution in [0.5, 0.6) is 0 Å². The number of hydrogen-bond donors (Lipinski definition) is 1. The summed E-state index contributed by atoms with van der Waals surface area (Å²) in [6, 6.07) is 12.3. The molecule has 0 radical (unpaired) electrons. The molecule has 0 aromatic heterocycles. The van der Waals surface area contributed by atoms with Crippen molar-refractivity contribution in [2.24, 2.45) is 4.99 Å². The molecular weight excluding hydrogens is 375 g/mol. The lowest BCUT2D eigenvalue weighted by Crippen LogP contribution is -2.19. The minimum absolute atomic E-state index is 0.200. The minimum Gasteiger partial charge on any atom is -0.300 e. The van der Waals surface area contributed by atoms with Crippen LogP contribution in [0.25, 0.3) is 6.08 Å². The highest BCUT2D eigenvalue weighted by Gasteiger charge is 2.23. The maximum atomic E-state index is 12.0. The van der Waals surface area contributed by atoms with Crippen LogP contribution < -0.4 is 5.32 Å². The fourth-order valence-corrected chi connectivity index (χ4v) is 3.23. The Kier molecular flexibility index (Phi) is 4.97. The smallest absolute Gasteiger partial charge is 0.264 e. The van der Waals surface area contributed by atoms with Crippen molar-refractivity contribution in [3.63, 3.8) is 0 Å². The summed E-state index contributed by atoms with van der Waals surface area (Å²) in [6.45, 7) is 0. The maximum absolute atomic E-state index is 12.0. The number of amides is 1. The summed E-state index contributed by atoms with van der Waals surface area (Å²) in [4.78, 5) is 16.9. The van der Waals surface area contributed by atoms with Crippen molar-refractivity contribution in [3.05, 3.63) is 68.0 Å². The highest BCUT2D eigenvalue weighted by molar-refractivity contribution is 8.18. The Hall–Kier alpha value is -1.46. The highest BCUT2D eigenvalue weighted by atomic mass is 35.5. The molecule has 1 N–H and O–H groups in total. The van der Waals surface area contributed by atoms with Gasteiger partial charge in [-0.1, -0.05) is 46.9 Å². The van der Waals surface area contributed by atoms with Gasteiger partial charge < -0.3 is 5.32 Å². The Labute approximate surface area is 152 Å². The van der Waals surface area contributed by atoms with Crippen LogP contribution in [0.15, 0.2) is 52.4 Å². The third-order valence-electron chi connectivity index (χ3n) is 2.93. The van der Waals surface area contributed by atoms with Crippen molar-refractivity contribution < 1.29 is 4.79 Å². The van der Waals surface area contributed by atoms with E-state index in [2.05, 4.69) is 10.3 Å². The molecule has 0 bridgehead atoms. The predicted octanol–water partition coefficient (Wildman–Crippen LogP) is 5.54. The monoisotopic (exact) mass is 382 g/mol. The summed E-state index contributed by atoms with van der Waals surface area (Å²) >= 11 is 19.0. The Bertz CT molecular complexity index is 849. The van der Waals surface area contributed by atoms with Gasteiger partial charge >= 0.3 is 0 Å². The number of thioether (sulfide) groups is 1. The first-order valence-electron chi connectivity index (χ1n) is 6.51. The van der Waals surface area contributed by atoms with Gasteiger partial charge in [0.25, 0.3) is 5.91 Å². The molecule has 7 heteroatoms. The second-order valence-electron chi connectivity index (χ2n) is 4.64. The minimum atomic E-state index is -0.200. The number of rotatable bonds is 2. The average molecular weight is 384 g/mol. The molecule has 0 atom stereocenters. The summed E-state index contributed by atoms with van der Waals surface area (Å²) in [6.07, 6.45) is 1.77. The molecule has 1 amide bonds. The van der Waals surface area contributed by atoms with E-state index >= 15 is 0 Å². The van der Waals surface area contributed by atoms with E-state index < -0.39 is 0 Å². The van der Waals surface area contributed by atoms with Crippen LogP contribution in [0, 0.1) is 0 Å². The van der Waals surface area contributed by atoms with Gasteiger partial charge in [-0.2, -0.15) is 0 Å². The number of carbonyl (C=O) groups is 1. The fraction of sp³-hybridized carbons (Fsp3) is 0. The Balaban J connectivity index is 1.84. The predicted molar refractivity (Wildman–Crippen MR) is 98.7 cm³/mol. The lowest BCUT2D eigenvalue weighted by molar-refractivity contribution is -0.115. The van der Waals surface area contributed by atoms with E-state index in [4.69, 9.17) is 34.8 Å². The highest BCUT2D eigenvalue weighted by Crippen LogP contribution is 2.31. The van der Waals surface area contributed by atoms with Crippen LogP contribution in [0.2, 0.25) is 15.1 Å². The van der Waals surface area contributed by atoms with E-state index in [9.17, 15) is 4.79 Å². The molecule has 23 heavy (non-hydrogen) atoms. The van der Waals surface area contributed by atoms with Crippen LogP contribution in [0.1, 0.15) is 5.56 Å². The lowest BCUT2D eigenvalue weighted by Gasteiger charge is -1.99. The van der Waals surface area contributed by atoms with E-state index in [0.29, 0.717) is 30.8 Å². The van der Waals surface area contributed by atoms with Crippen LogP contribution in [0.3, 0.4) is 0 Å². The van der Waals surface area contributed by atoms with Crippen molar-refractivity contribution >= 4 is 69.4 Å². The van der Waals surface area contributed by atoms with Crippen molar-refractivity contribution in [2.45, 2.75) is 0 Å². The van der Waals surface area contributed by atoms with Crippen molar-refractivity contribution in [3.8, 4) is 0 Å². The number of nitrogens with zero attached hydrogens (tertiary/aromatic N) is 1. The molecule has 1 aliphatic heterocycles. The number of amidine groups is 1. The quantitative estimate of drug-likeness (QED) is 0.692. The molecule has 0 saturated carbocycles. The number of hydrogen-bond acceptors (Lipinski definition) is 3. The molecule has 2 aromatic carbocycles. The molecule has 116 valence electrons. The summed E-state index contributed by atoms with van der Waals surface area (Å²) in [5.41, 5.74) is 1.47. The number of halogens is 3. The molecule has 0 unspecified atom stereocenters. The van der Waals surface area contributed by atoms with Crippen molar-refractivity contribution in [2.75, 3.05) is 0 Å². The van der Waals surface area contributed by atoms with E-state index in [1.54, 1.807) is 36.4 Å². The van der Waals surface area contributed by atoms with Gasteiger partial charge in [-0.05, 0) is 53.7 Å². The summed E-state index contributed by atoms with van der Waals surface area (Å²) in [5, 5.41) is 4.70. The number of carbonyl (C=O) groups excluding carboxylic acids is 1. The summed E-state index contributed by atoms with van der Waals surface area (Å²) < 4.78 is 0. The van der Waals surface area contributed by atoms with Crippen molar-refractivity contribution in [1.82, 2.24) is 5.32 Å². The normalized spacial score (nSPS) is 17.8. The zero-order valence-corrected chi connectivity index (χ0v) is 14.6. The molecule has 3 rings (SSSR count). The van der Waals surface area contributed by atoms with Gasteiger partial charge in [-0.15, -0.1) is 0 Å². The van der Waals surface area contributed by atoms with Gasteiger partial charge in [0, 0.05) is 5.02 Å². The van der Waals surface area contributed by atoms with E-state index in [1.165, 1.54) is 11.8 Å². The SMILES string of the molecule is O=C1NC(=Nc2ccc(Cl)c(Cl)c2)S/C1=C/c1cccc(Cl)c1. The van der Waals surface area contributed by atoms with Crippen LogP contribution in [-0.4, -0.2) is 11.1 Å². The molecule has 1 fully saturated rings. The first-order chi connectivity index (χ1) is 11.0. The standard InChI is InChI=1S/C16H9Cl3N2OS/c17-10-3-1-2-9(6-10)7-14-15(22)21-16(23-14)20-11-4-5-12(18)13(19)8-11/h1-8H,(H,20,21,22)/b14-7+. The molecule has 1 heterocycles. The Morgan fingerprint density at radius 2 is 1.87 bits per heavy atom. The zero-order valence-electron chi connectivity index (χ0n) is 11.5. The molecule has 2 aromatic rings. The Morgan fingerprint density at radius 3 is 2.61 bits per heavy atom. The van der Waals surface area contributed by atoms with Gasteiger partial charge in [0.1, 0.15) is 0 Å². The van der Waals surface area contributed by atoms with E-state index in [0.717, 1.165) is 5.56 Å². The molecule has 0 spiro atoms. The number of nitrogens with one attached hydrogen (secondary N) is 1.